The van der Waals surface area contributed by atoms with Crippen LogP contribution in [-0.4, -0.2) is 34.8 Å². The molecule has 0 aromatic heterocycles. The van der Waals surface area contributed by atoms with Gasteiger partial charge in [-0.25, -0.2) is 0 Å². The highest BCUT2D eigenvalue weighted by atomic mass is 32.3. The summed E-state index contributed by atoms with van der Waals surface area (Å²) in [6.45, 7) is 5.49. The van der Waals surface area contributed by atoms with Crippen LogP contribution >= 0.6 is 11.8 Å². The zero-order valence-electron chi connectivity index (χ0n) is 7.47. The van der Waals surface area contributed by atoms with Crippen molar-refractivity contribution in [2.45, 2.75) is 13.8 Å². The van der Waals surface area contributed by atoms with Gasteiger partial charge in [0.2, 0.25) is 0 Å². The van der Waals surface area contributed by atoms with Crippen LogP contribution in [0.5, 0.6) is 0 Å². The molecular formula is C6H13NO4S2. The normalized spacial score (nSPS) is 16.3. The predicted octanol–water partition coefficient (Wildman–Crippen LogP) is 1.22. The molecule has 13 heavy (non-hydrogen) atoms. The summed E-state index contributed by atoms with van der Waals surface area (Å²) in [4.78, 5) is 2.35. The lowest BCUT2D eigenvalue weighted by Gasteiger charge is -2.14. The van der Waals surface area contributed by atoms with Crippen molar-refractivity contribution in [2.75, 3.05) is 12.4 Å². The van der Waals surface area contributed by atoms with Crippen molar-refractivity contribution in [3.63, 3.8) is 0 Å². The van der Waals surface area contributed by atoms with E-state index in [0.29, 0.717) is 0 Å². The van der Waals surface area contributed by atoms with Gasteiger partial charge in [-0.05, 0) is 19.3 Å². The first-order valence-electron chi connectivity index (χ1n) is 3.57. The Morgan fingerprint density at radius 3 is 2.23 bits per heavy atom. The Labute approximate surface area is 82.4 Å². The van der Waals surface area contributed by atoms with E-state index in [1.807, 2.05) is 11.8 Å². The predicted molar refractivity (Wildman–Crippen MR) is 52.8 cm³/mol. The molecule has 1 heterocycles. The molecule has 0 aromatic carbocycles. The van der Waals surface area contributed by atoms with Gasteiger partial charge in [0, 0.05) is 12.2 Å². The summed E-state index contributed by atoms with van der Waals surface area (Å²) in [5.74, 6) is 1.16. The summed E-state index contributed by atoms with van der Waals surface area (Å²) in [5, 5.41) is 2.21. The van der Waals surface area contributed by atoms with Gasteiger partial charge in [0.25, 0.3) is 0 Å². The molecule has 0 unspecified atom stereocenters. The first kappa shape index (κ1) is 12.8. The van der Waals surface area contributed by atoms with E-state index in [-0.39, 0.29) is 0 Å². The summed E-state index contributed by atoms with van der Waals surface area (Å²) in [6, 6.07) is 0. The molecule has 0 saturated heterocycles. The molecule has 0 atom stereocenters. The molecule has 2 N–H and O–H groups in total. The van der Waals surface area contributed by atoms with Gasteiger partial charge in [-0.2, -0.15) is 8.42 Å². The van der Waals surface area contributed by atoms with Gasteiger partial charge in [0.1, 0.15) is 0 Å². The third-order valence-electron chi connectivity index (χ3n) is 1.36. The lowest BCUT2D eigenvalue weighted by molar-refractivity contribution is 0.381. The molecule has 0 saturated carbocycles. The van der Waals surface area contributed by atoms with Crippen LogP contribution in [0, 0.1) is 0 Å². The first-order chi connectivity index (χ1) is 5.84. The smallest absolute Gasteiger partial charge is 0.365 e. The third kappa shape index (κ3) is 8.10. The summed E-state index contributed by atoms with van der Waals surface area (Å²) < 4.78 is 31.6. The molecule has 0 bridgehead atoms. The molecule has 0 fully saturated rings. The summed E-state index contributed by atoms with van der Waals surface area (Å²) in [7, 11) is -4.67. The van der Waals surface area contributed by atoms with Gasteiger partial charge in [0.15, 0.2) is 0 Å². The Balaban J connectivity index is 0.000000252. The molecule has 5 nitrogen and oxygen atoms in total. The number of hydrogen-bond acceptors (Lipinski definition) is 4. The van der Waals surface area contributed by atoms with Crippen molar-refractivity contribution in [1.82, 2.24) is 4.90 Å². The van der Waals surface area contributed by atoms with Gasteiger partial charge < -0.3 is 4.90 Å². The van der Waals surface area contributed by atoms with E-state index in [4.69, 9.17) is 17.5 Å². The fourth-order valence-corrected chi connectivity index (χ4v) is 1.80. The molecule has 1 aliphatic heterocycles. The number of nitrogens with zero attached hydrogens (tertiary/aromatic N) is 1. The first-order valence-corrected chi connectivity index (χ1v) is 6.02. The maximum absolute atomic E-state index is 8.74. The Morgan fingerprint density at radius 2 is 2.08 bits per heavy atom. The topological polar surface area (TPSA) is 77.8 Å². The monoisotopic (exact) mass is 227 g/mol. The molecule has 1 rings (SSSR count). The van der Waals surface area contributed by atoms with Crippen LogP contribution in [0.4, 0.5) is 0 Å². The Hall–Kier alpha value is -0.240. The van der Waals surface area contributed by atoms with E-state index in [2.05, 4.69) is 24.2 Å². The highest BCUT2D eigenvalue weighted by Crippen LogP contribution is 2.21. The van der Waals surface area contributed by atoms with E-state index >= 15 is 0 Å². The largest absolute Gasteiger partial charge is 0.394 e. The van der Waals surface area contributed by atoms with Crippen molar-refractivity contribution >= 4 is 22.2 Å². The summed E-state index contributed by atoms with van der Waals surface area (Å²) in [6.07, 6.45) is 0. The van der Waals surface area contributed by atoms with Crippen molar-refractivity contribution in [3.05, 3.63) is 11.1 Å². The van der Waals surface area contributed by atoms with Crippen molar-refractivity contribution in [1.29, 1.82) is 0 Å². The minimum atomic E-state index is -4.67. The van der Waals surface area contributed by atoms with Crippen LogP contribution in [-0.2, 0) is 10.4 Å². The molecule has 0 amide bonds. The minimum Gasteiger partial charge on any atom is -0.365 e. The Kier molecular flexibility index (Phi) is 5.38. The molecule has 7 heteroatoms. The SMILES string of the molecule is CCN1CSC=C1C.O=S(=O)(O)O. The van der Waals surface area contributed by atoms with Crippen LogP contribution in [0.2, 0.25) is 0 Å². The average molecular weight is 227 g/mol. The zero-order chi connectivity index (χ0) is 10.5. The number of allylic oxidation sites excluding steroid dienone is 1. The number of thioether (sulfide) groups is 1. The highest BCUT2D eigenvalue weighted by molar-refractivity contribution is 8.02. The van der Waals surface area contributed by atoms with E-state index in [0.717, 1.165) is 12.4 Å². The van der Waals surface area contributed by atoms with Gasteiger partial charge in [-0.1, -0.05) is 0 Å². The average Bonchev–Trinajstić information content (AvgIpc) is 2.31. The lowest BCUT2D eigenvalue weighted by atomic mass is 10.5. The maximum atomic E-state index is 8.74. The number of rotatable bonds is 1. The van der Waals surface area contributed by atoms with Crippen LogP contribution in [0.15, 0.2) is 11.1 Å². The maximum Gasteiger partial charge on any atom is 0.394 e. The molecule has 0 spiro atoms. The van der Waals surface area contributed by atoms with Crippen molar-refractivity contribution < 1.29 is 17.5 Å². The minimum absolute atomic E-state index is 1.15. The van der Waals surface area contributed by atoms with Gasteiger partial charge >= 0.3 is 10.4 Å². The summed E-state index contributed by atoms with van der Waals surface area (Å²) in [5.41, 5.74) is 1.41. The summed E-state index contributed by atoms with van der Waals surface area (Å²) >= 11 is 1.88. The molecule has 0 radical (unpaired) electrons. The Bertz CT molecular complexity index is 264. The fraction of sp³-hybridized carbons (Fsp3) is 0.667. The van der Waals surface area contributed by atoms with E-state index < -0.39 is 10.4 Å². The van der Waals surface area contributed by atoms with Crippen molar-refractivity contribution in [3.8, 4) is 0 Å². The fourth-order valence-electron chi connectivity index (χ4n) is 0.765. The van der Waals surface area contributed by atoms with Crippen LogP contribution in [0.1, 0.15) is 13.8 Å². The number of hydrogen-bond donors (Lipinski definition) is 2. The molecule has 0 aliphatic carbocycles. The van der Waals surface area contributed by atoms with Crippen molar-refractivity contribution in [2.24, 2.45) is 0 Å². The zero-order valence-corrected chi connectivity index (χ0v) is 9.10. The van der Waals surface area contributed by atoms with Crippen LogP contribution in [0.3, 0.4) is 0 Å². The van der Waals surface area contributed by atoms with E-state index in [1.165, 1.54) is 5.70 Å². The van der Waals surface area contributed by atoms with Crippen LogP contribution in [0.25, 0.3) is 0 Å². The van der Waals surface area contributed by atoms with Crippen LogP contribution < -0.4 is 0 Å². The standard InChI is InChI=1S/C6H11NS.H2O4S/c1-3-7-5-8-4-6(7)2;1-5(2,3)4/h4H,3,5H2,1-2H3;(H2,1,2,3,4). The molecule has 78 valence electrons. The second-order valence-corrected chi connectivity index (χ2v) is 4.08. The molecule has 0 aromatic rings. The van der Waals surface area contributed by atoms with E-state index in [9.17, 15) is 0 Å². The molecule has 1 aliphatic rings. The lowest BCUT2D eigenvalue weighted by Crippen LogP contribution is -2.15. The quantitative estimate of drug-likeness (QED) is 0.656. The van der Waals surface area contributed by atoms with E-state index in [1.54, 1.807) is 0 Å². The van der Waals surface area contributed by atoms with Gasteiger partial charge in [-0.3, -0.25) is 9.11 Å². The van der Waals surface area contributed by atoms with Gasteiger partial charge in [0.05, 0.1) is 5.88 Å². The highest BCUT2D eigenvalue weighted by Gasteiger charge is 2.06. The molecular weight excluding hydrogens is 214 g/mol. The second kappa shape index (κ2) is 5.48. The second-order valence-electron chi connectivity index (χ2n) is 2.36. The van der Waals surface area contributed by atoms with Gasteiger partial charge in [-0.15, -0.1) is 11.8 Å². The Morgan fingerprint density at radius 1 is 1.62 bits per heavy atom. The third-order valence-corrected chi connectivity index (χ3v) is 2.33.